The normalized spacial score (nSPS) is 12.4. The second kappa shape index (κ2) is 6.24. The molecule has 0 aliphatic heterocycles. The Labute approximate surface area is 118 Å². The van der Waals surface area contributed by atoms with Crippen LogP contribution in [0.2, 0.25) is 0 Å². The molecule has 4 heteroatoms. The molecule has 0 spiro atoms. The predicted molar refractivity (Wildman–Crippen MR) is 73.0 cm³/mol. The highest BCUT2D eigenvalue weighted by Crippen LogP contribution is 2.24. The lowest BCUT2D eigenvalue weighted by atomic mass is 9.93. The largest absolute Gasteiger partial charge is 0.207 e. The van der Waals surface area contributed by atoms with E-state index in [9.17, 15) is 13.2 Å². The molecule has 0 radical (unpaired) electrons. The Balaban J connectivity index is 2.21. The monoisotopic (exact) mass is 328 g/mol. The molecule has 0 heterocycles. The van der Waals surface area contributed by atoms with E-state index in [1.165, 1.54) is 18.2 Å². The van der Waals surface area contributed by atoms with Crippen molar-refractivity contribution in [3.05, 3.63) is 71.0 Å². The quantitative estimate of drug-likeness (QED) is 0.705. The first-order chi connectivity index (χ1) is 9.10. The van der Waals surface area contributed by atoms with Gasteiger partial charge in [-0.15, -0.1) is 0 Å². The van der Waals surface area contributed by atoms with Crippen LogP contribution in [0.5, 0.6) is 0 Å². The molecule has 0 nitrogen and oxygen atoms in total. The first-order valence-corrected chi connectivity index (χ1v) is 6.97. The highest BCUT2D eigenvalue weighted by Gasteiger charge is 2.13. The standard InChI is InChI=1S/C15H12BrF3/c16-9-12(11-2-1-3-13(17)8-11)6-10-4-5-14(18)15(19)7-10/h1-5,7-8,12H,6,9H2. The molecule has 1 unspecified atom stereocenters. The molecule has 1 atom stereocenters. The highest BCUT2D eigenvalue weighted by molar-refractivity contribution is 9.09. The Morgan fingerprint density at radius 3 is 2.37 bits per heavy atom. The summed E-state index contributed by atoms with van der Waals surface area (Å²) < 4.78 is 39.2. The van der Waals surface area contributed by atoms with Crippen LogP contribution < -0.4 is 0 Å². The predicted octanol–water partition coefficient (Wildman–Crippen LogP) is 4.83. The van der Waals surface area contributed by atoms with Crippen LogP contribution in [0, 0.1) is 17.5 Å². The van der Waals surface area contributed by atoms with E-state index < -0.39 is 11.6 Å². The van der Waals surface area contributed by atoms with Crippen molar-refractivity contribution in [2.45, 2.75) is 12.3 Å². The molecule has 0 saturated heterocycles. The molecule has 0 fully saturated rings. The number of rotatable bonds is 4. The molecular weight excluding hydrogens is 317 g/mol. The van der Waals surface area contributed by atoms with Crippen LogP contribution in [0.3, 0.4) is 0 Å². The Hall–Kier alpha value is -1.29. The third kappa shape index (κ3) is 3.60. The van der Waals surface area contributed by atoms with Crippen molar-refractivity contribution in [1.29, 1.82) is 0 Å². The summed E-state index contributed by atoms with van der Waals surface area (Å²) in [5, 5.41) is 0.620. The van der Waals surface area contributed by atoms with Gasteiger partial charge >= 0.3 is 0 Å². The average molecular weight is 329 g/mol. The van der Waals surface area contributed by atoms with Crippen molar-refractivity contribution in [1.82, 2.24) is 0 Å². The minimum absolute atomic E-state index is 0.0144. The second-order valence-electron chi connectivity index (χ2n) is 4.36. The summed E-state index contributed by atoms with van der Waals surface area (Å²) in [7, 11) is 0. The minimum Gasteiger partial charge on any atom is -0.207 e. The Morgan fingerprint density at radius 2 is 1.74 bits per heavy atom. The van der Waals surface area contributed by atoms with Crippen LogP contribution in [0.1, 0.15) is 17.0 Å². The molecule has 100 valence electrons. The van der Waals surface area contributed by atoms with Crippen molar-refractivity contribution < 1.29 is 13.2 Å². The zero-order chi connectivity index (χ0) is 13.8. The third-order valence-corrected chi connectivity index (χ3v) is 3.75. The first kappa shape index (κ1) is 14.1. The molecule has 0 aliphatic rings. The van der Waals surface area contributed by atoms with E-state index in [1.54, 1.807) is 12.1 Å². The second-order valence-corrected chi connectivity index (χ2v) is 5.01. The molecule has 2 aromatic rings. The molecule has 2 aromatic carbocycles. The van der Waals surface area contributed by atoms with Crippen LogP contribution in [0.4, 0.5) is 13.2 Å². The molecule has 0 amide bonds. The zero-order valence-electron chi connectivity index (χ0n) is 10.0. The molecule has 0 aliphatic carbocycles. The van der Waals surface area contributed by atoms with Crippen LogP contribution in [0.15, 0.2) is 42.5 Å². The van der Waals surface area contributed by atoms with Crippen molar-refractivity contribution in [2.24, 2.45) is 0 Å². The van der Waals surface area contributed by atoms with Gasteiger partial charge in [0.2, 0.25) is 0 Å². The van der Waals surface area contributed by atoms with Crippen LogP contribution >= 0.6 is 15.9 Å². The fourth-order valence-corrected chi connectivity index (χ4v) is 2.58. The molecule has 19 heavy (non-hydrogen) atoms. The molecular formula is C15H12BrF3. The van der Waals surface area contributed by atoms with Crippen molar-refractivity contribution >= 4 is 15.9 Å². The third-order valence-electron chi connectivity index (χ3n) is 2.97. The summed E-state index contributed by atoms with van der Waals surface area (Å²) in [6, 6.07) is 10.2. The number of halogens is 4. The minimum atomic E-state index is -0.857. The van der Waals surface area contributed by atoms with Gasteiger partial charge < -0.3 is 0 Å². The van der Waals surface area contributed by atoms with Gasteiger partial charge in [-0.1, -0.05) is 34.1 Å². The van der Waals surface area contributed by atoms with E-state index in [0.717, 1.165) is 11.6 Å². The van der Waals surface area contributed by atoms with Gasteiger partial charge in [0.05, 0.1) is 0 Å². The van der Waals surface area contributed by atoms with Crippen molar-refractivity contribution in [2.75, 3.05) is 5.33 Å². The van der Waals surface area contributed by atoms with E-state index in [2.05, 4.69) is 15.9 Å². The van der Waals surface area contributed by atoms with Crippen molar-refractivity contribution in [3.63, 3.8) is 0 Å². The maximum absolute atomic E-state index is 13.2. The van der Waals surface area contributed by atoms with E-state index in [-0.39, 0.29) is 11.7 Å². The summed E-state index contributed by atoms with van der Waals surface area (Å²) in [4.78, 5) is 0. The lowest BCUT2D eigenvalue weighted by Crippen LogP contribution is -2.05. The SMILES string of the molecule is Fc1cccc(C(CBr)Cc2ccc(F)c(F)c2)c1. The summed E-state index contributed by atoms with van der Waals surface area (Å²) >= 11 is 3.38. The summed E-state index contributed by atoms with van der Waals surface area (Å²) in [6.45, 7) is 0. The van der Waals surface area contributed by atoms with Gasteiger partial charge in [-0.2, -0.15) is 0 Å². The Kier molecular flexibility index (Phi) is 4.64. The average Bonchev–Trinajstić information content (AvgIpc) is 2.40. The summed E-state index contributed by atoms with van der Waals surface area (Å²) in [6.07, 6.45) is 0.520. The lowest BCUT2D eigenvalue weighted by molar-refractivity contribution is 0.506. The molecule has 0 aromatic heterocycles. The van der Waals surface area contributed by atoms with E-state index in [4.69, 9.17) is 0 Å². The van der Waals surface area contributed by atoms with Gasteiger partial charge in [-0.3, -0.25) is 0 Å². The molecule has 0 bridgehead atoms. The number of hydrogen-bond acceptors (Lipinski definition) is 0. The maximum atomic E-state index is 13.2. The van der Waals surface area contributed by atoms with Gasteiger partial charge in [0.1, 0.15) is 5.82 Å². The molecule has 0 saturated carbocycles. The zero-order valence-corrected chi connectivity index (χ0v) is 11.6. The summed E-state index contributed by atoms with van der Waals surface area (Å²) in [5.41, 5.74) is 1.52. The van der Waals surface area contributed by atoms with Crippen LogP contribution in [0.25, 0.3) is 0 Å². The Bertz CT molecular complexity index is 569. The van der Waals surface area contributed by atoms with Gasteiger partial charge in [0.25, 0.3) is 0 Å². The highest BCUT2D eigenvalue weighted by atomic mass is 79.9. The fraction of sp³-hybridized carbons (Fsp3) is 0.200. The van der Waals surface area contributed by atoms with Crippen molar-refractivity contribution in [3.8, 4) is 0 Å². The van der Waals surface area contributed by atoms with E-state index in [1.807, 2.05) is 6.07 Å². The number of alkyl halides is 1. The van der Waals surface area contributed by atoms with Gasteiger partial charge in [0, 0.05) is 5.33 Å². The molecule has 0 N–H and O–H groups in total. The van der Waals surface area contributed by atoms with Crippen LogP contribution in [-0.4, -0.2) is 5.33 Å². The van der Waals surface area contributed by atoms with Gasteiger partial charge in [-0.05, 0) is 47.7 Å². The molecule has 2 rings (SSSR count). The Morgan fingerprint density at radius 1 is 0.947 bits per heavy atom. The lowest BCUT2D eigenvalue weighted by Gasteiger charge is -2.15. The first-order valence-electron chi connectivity index (χ1n) is 5.85. The maximum Gasteiger partial charge on any atom is 0.159 e. The number of benzene rings is 2. The van der Waals surface area contributed by atoms with E-state index in [0.29, 0.717) is 17.3 Å². The number of hydrogen-bond donors (Lipinski definition) is 0. The summed E-state index contributed by atoms with van der Waals surface area (Å²) in [5.74, 6) is -2.00. The van der Waals surface area contributed by atoms with Crippen LogP contribution in [-0.2, 0) is 6.42 Å². The van der Waals surface area contributed by atoms with Gasteiger partial charge in [-0.25, -0.2) is 13.2 Å². The smallest absolute Gasteiger partial charge is 0.159 e. The fourth-order valence-electron chi connectivity index (χ4n) is 1.97. The van der Waals surface area contributed by atoms with Gasteiger partial charge in [0.15, 0.2) is 11.6 Å². The topological polar surface area (TPSA) is 0 Å². The van der Waals surface area contributed by atoms with E-state index >= 15 is 0 Å².